The number of ether oxygens (including phenoxy) is 1. The van der Waals surface area contributed by atoms with Crippen molar-refractivity contribution in [3.8, 4) is 11.6 Å². The van der Waals surface area contributed by atoms with Gasteiger partial charge in [-0.05, 0) is 25.1 Å². The van der Waals surface area contributed by atoms with Crippen molar-refractivity contribution in [2.75, 3.05) is 0 Å². The summed E-state index contributed by atoms with van der Waals surface area (Å²) in [6.45, 7) is 2.19. The van der Waals surface area contributed by atoms with Gasteiger partial charge in [0.2, 0.25) is 5.88 Å². The van der Waals surface area contributed by atoms with Crippen molar-refractivity contribution in [1.82, 2.24) is 4.98 Å². The van der Waals surface area contributed by atoms with E-state index in [1.165, 1.54) is 25.1 Å². The smallest absolute Gasteiger partial charge is 0.272 e. The van der Waals surface area contributed by atoms with Crippen LogP contribution in [-0.2, 0) is 5.92 Å². The molecule has 0 aliphatic carbocycles. The minimum absolute atomic E-state index is 0.0292. The average molecular weight is 285 g/mol. The van der Waals surface area contributed by atoms with Crippen molar-refractivity contribution in [2.45, 2.75) is 19.8 Å². The van der Waals surface area contributed by atoms with Crippen molar-refractivity contribution < 1.29 is 22.3 Å². The summed E-state index contributed by atoms with van der Waals surface area (Å²) >= 11 is 0. The maximum Gasteiger partial charge on any atom is 0.272 e. The Bertz CT molecular complexity index is 638. The highest BCUT2D eigenvalue weighted by Gasteiger charge is 2.27. The lowest BCUT2D eigenvalue weighted by Crippen LogP contribution is -2.10. The van der Waals surface area contributed by atoms with Crippen LogP contribution in [0.5, 0.6) is 11.6 Å². The van der Waals surface area contributed by atoms with Gasteiger partial charge in [0.25, 0.3) is 5.92 Å². The van der Waals surface area contributed by atoms with Crippen LogP contribution in [0.15, 0.2) is 30.3 Å². The lowest BCUT2D eigenvalue weighted by Gasteiger charge is -2.14. The van der Waals surface area contributed by atoms with Gasteiger partial charge in [-0.2, -0.15) is 0 Å². The van der Waals surface area contributed by atoms with Gasteiger partial charge in [-0.25, -0.2) is 22.5 Å². The Balaban J connectivity index is 2.26. The Labute approximate surface area is 113 Å². The van der Waals surface area contributed by atoms with E-state index < -0.39 is 17.6 Å². The summed E-state index contributed by atoms with van der Waals surface area (Å²) in [5, 5.41) is 0. The fourth-order valence-electron chi connectivity index (χ4n) is 1.72. The fourth-order valence-corrected chi connectivity index (χ4v) is 1.72. The standard InChI is InChI=1S/C14H11F4NO/c1-8-10(14(2,17)18)4-6-13(19-8)20-9-3-5-11(15)12(16)7-9/h3-7H,1-2H3. The van der Waals surface area contributed by atoms with Crippen molar-refractivity contribution in [2.24, 2.45) is 0 Å². The molecule has 1 heterocycles. The zero-order chi connectivity index (χ0) is 14.9. The van der Waals surface area contributed by atoms with Crippen LogP contribution in [0.1, 0.15) is 18.2 Å². The van der Waals surface area contributed by atoms with Crippen LogP contribution in [0.4, 0.5) is 17.6 Å². The zero-order valence-electron chi connectivity index (χ0n) is 10.8. The molecule has 0 aliphatic rings. The molecule has 1 aromatic heterocycles. The molecule has 6 heteroatoms. The first-order chi connectivity index (χ1) is 9.27. The van der Waals surface area contributed by atoms with Gasteiger partial charge >= 0.3 is 0 Å². The van der Waals surface area contributed by atoms with Gasteiger partial charge < -0.3 is 4.74 Å². The van der Waals surface area contributed by atoms with E-state index in [0.29, 0.717) is 0 Å². The minimum Gasteiger partial charge on any atom is -0.439 e. The van der Waals surface area contributed by atoms with Crippen LogP contribution in [0.2, 0.25) is 0 Å². The number of halogens is 4. The summed E-state index contributed by atoms with van der Waals surface area (Å²) in [6, 6.07) is 5.43. The molecule has 0 saturated heterocycles. The highest BCUT2D eigenvalue weighted by Crippen LogP contribution is 2.31. The summed E-state index contributed by atoms with van der Waals surface area (Å²) in [7, 11) is 0. The number of rotatable bonds is 3. The first-order valence-electron chi connectivity index (χ1n) is 5.76. The van der Waals surface area contributed by atoms with Gasteiger partial charge in [-0.3, -0.25) is 0 Å². The number of aryl methyl sites for hydroxylation is 1. The molecule has 106 valence electrons. The van der Waals surface area contributed by atoms with Crippen LogP contribution >= 0.6 is 0 Å². The predicted molar refractivity (Wildman–Crippen MR) is 65.0 cm³/mol. The Morgan fingerprint density at radius 3 is 2.30 bits per heavy atom. The predicted octanol–water partition coefficient (Wildman–Crippen LogP) is 4.57. The third-order valence-corrected chi connectivity index (χ3v) is 2.65. The molecular formula is C14H11F4NO. The van der Waals surface area contributed by atoms with Crippen LogP contribution < -0.4 is 4.74 Å². The number of pyridine rings is 1. The van der Waals surface area contributed by atoms with Gasteiger partial charge in [-0.1, -0.05) is 0 Å². The number of alkyl halides is 2. The van der Waals surface area contributed by atoms with Crippen LogP contribution in [-0.4, -0.2) is 4.98 Å². The number of nitrogens with zero attached hydrogens (tertiary/aromatic N) is 1. The van der Waals surface area contributed by atoms with Crippen LogP contribution in [0.3, 0.4) is 0 Å². The molecule has 0 radical (unpaired) electrons. The molecule has 0 fully saturated rings. The summed E-state index contributed by atoms with van der Waals surface area (Å²) in [5.74, 6) is -5.00. The molecule has 20 heavy (non-hydrogen) atoms. The second kappa shape index (κ2) is 5.11. The zero-order valence-corrected chi connectivity index (χ0v) is 10.8. The molecule has 2 aromatic rings. The number of benzene rings is 1. The number of hydrogen-bond donors (Lipinski definition) is 0. The normalized spacial score (nSPS) is 11.5. The fraction of sp³-hybridized carbons (Fsp3) is 0.214. The van der Waals surface area contributed by atoms with E-state index >= 15 is 0 Å². The molecule has 0 amide bonds. The van der Waals surface area contributed by atoms with E-state index in [-0.39, 0.29) is 22.9 Å². The van der Waals surface area contributed by atoms with Crippen LogP contribution in [0, 0.1) is 18.6 Å². The lowest BCUT2D eigenvalue weighted by molar-refractivity contribution is 0.0163. The van der Waals surface area contributed by atoms with E-state index in [1.807, 2.05) is 0 Å². The highest BCUT2D eigenvalue weighted by atomic mass is 19.3. The topological polar surface area (TPSA) is 22.1 Å². The maximum atomic E-state index is 13.2. The van der Waals surface area contributed by atoms with Gasteiger partial charge in [0.1, 0.15) is 5.75 Å². The summed E-state index contributed by atoms with van der Waals surface area (Å²) in [6.07, 6.45) is 0. The Morgan fingerprint density at radius 1 is 1.05 bits per heavy atom. The van der Waals surface area contributed by atoms with Crippen molar-refractivity contribution >= 4 is 0 Å². The molecule has 0 unspecified atom stereocenters. The second-order valence-electron chi connectivity index (χ2n) is 4.35. The molecule has 0 saturated carbocycles. The second-order valence-corrected chi connectivity index (χ2v) is 4.35. The largest absolute Gasteiger partial charge is 0.439 e. The minimum atomic E-state index is -3.00. The van der Waals surface area contributed by atoms with Gasteiger partial charge in [0, 0.05) is 24.6 Å². The van der Waals surface area contributed by atoms with E-state index in [2.05, 4.69) is 4.98 Å². The molecule has 0 aliphatic heterocycles. The van der Waals surface area contributed by atoms with Gasteiger partial charge in [0.05, 0.1) is 5.69 Å². The third-order valence-electron chi connectivity index (χ3n) is 2.65. The van der Waals surface area contributed by atoms with E-state index in [9.17, 15) is 17.6 Å². The molecule has 2 rings (SSSR count). The third kappa shape index (κ3) is 3.07. The Morgan fingerprint density at radius 2 is 1.75 bits per heavy atom. The van der Waals surface area contributed by atoms with E-state index in [1.54, 1.807) is 0 Å². The highest BCUT2D eigenvalue weighted by molar-refractivity contribution is 5.32. The summed E-state index contributed by atoms with van der Waals surface area (Å²) in [4.78, 5) is 3.87. The lowest BCUT2D eigenvalue weighted by atomic mass is 10.1. The summed E-state index contributed by atoms with van der Waals surface area (Å²) in [5.41, 5.74) is -0.104. The molecule has 1 aromatic carbocycles. The monoisotopic (exact) mass is 285 g/mol. The molecular weight excluding hydrogens is 274 g/mol. The molecule has 0 bridgehead atoms. The first-order valence-corrected chi connectivity index (χ1v) is 5.76. The first kappa shape index (κ1) is 14.3. The number of hydrogen-bond acceptors (Lipinski definition) is 2. The Kier molecular flexibility index (Phi) is 3.65. The van der Waals surface area contributed by atoms with Gasteiger partial charge in [0.15, 0.2) is 11.6 Å². The molecule has 2 nitrogen and oxygen atoms in total. The van der Waals surface area contributed by atoms with Crippen molar-refractivity contribution in [3.05, 3.63) is 53.2 Å². The maximum absolute atomic E-state index is 13.2. The van der Waals surface area contributed by atoms with Crippen molar-refractivity contribution in [3.63, 3.8) is 0 Å². The quantitative estimate of drug-likeness (QED) is 0.770. The summed E-state index contributed by atoms with van der Waals surface area (Å²) < 4.78 is 57.4. The SMILES string of the molecule is Cc1nc(Oc2ccc(F)c(F)c2)ccc1C(C)(F)F. The van der Waals surface area contributed by atoms with Crippen molar-refractivity contribution in [1.29, 1.82) is 0 Å². The van der Waals surface area contributed by atoms with E-state index in [0.717, 1.165) is 19.1 Å². The molecule has 0 atom stereocenters. The number of aromatic nitrogens is 1. The Hall–Kier alpha value is -2.11. The molecule has 0 spiro atoms. The van der Waals surface area contributed by atoms with Crippen LogP contribution in [0.25, 0.3) is 0 Å². The molecule has 0 N–H and O–H groups in total. The van der Waals surface area contributed by atoms with E-state index in [4.69, 9.17) is 4.74 Å². The average Bonchev–Trinajstić information content (AvgIpc) is 2.32. The van der Waals surface area contributed by atoms with Gasteiger partial charge in [-0.15, -0.1) is 0 Å².